The van der Waals surface area contributed by atoms with Crippen LogP contribution in [0.15, 0.2) is 23.2 Å². The van der Waals surface area contributed by atoms with E-state index in [-0.39, 0.29) is 16.7 Å². The molecule has 0 aromatic carbocycles. The molecule has 1 aliphatic heterocycles. The average molecular weight is 308 g/mol. The zero-order valence-corrected chi connectivity index (χ0v) is 11.9. The van der Waals surface area contributed by atoms with Gasteiger partial charge in [-0.15, -0.1) is 0 Å². The molecule has 8 heteroatoms. The summed E-state index contributed by atoms with van der Waals surface area (Å²) >= 11 is 0. The van der Waals surface area contributed by atoms with Crippen molar-refractivity contribution >= 4 is 10.0 Å². The Morgan fingerprint density at radius 3 is 2.15 bits per heavy atom. The van der Waals surface area contributed by atoms with Crippen molar-refractivity contribution in [1.29, 1.82) is 0 Å². The lowest BCUT2D eigenvalue weighted by molar-refractivity contribution is -0.141. The third-order valence-corrected chi connectivity index (χ3v) is 5.43. The SMILES string of the molecule is CC1CN(S(=O)(=O)c2ccc(C(F)(F)F)nc2)CC1C. The second-order valence-electron chi connectivity index (χ2n) is 5.15. The number of nitrogens with zero attached hydrogens (tertiary/aromatic N) is 2. The molecule has 1 aliphatic rings. The van der Waals surface area contributed by atoms with Gasteiger partial charge in [-0.05, 0) is 24.0 Å². The van der Waals surface area contributed by atoms with Crippen LogP contribution in [-0.2, 0) is 16.2 Å². The van der Waals surface area contributed by atoms with Crippen molar-refractivity contribution in [2.45, 2.75) is 24.9 Å². The van der Waals surface area contributed by atoms with E-state index in [0.29, 0.717) is 19.2 Å². The summed E-state index contributed by atoms with van der Waals surface area (Å²) in [6, 6.07) is 1.65. The van der Waals surface area contributed by atoms with Gasteiger partial charge in [0.1, 0.15) is 10.6 Å². The molecule has 0 saturated carbocycles. The number of alkyl halides is 3. The van der Waals surface area contributed by atoms with Crippen molar-refractivity contribution in [3.8, 4) is 0 Å². The molecular weight excluding hydrogens is 293 g/mol. The molecule has 112 valence electrons. The monoisotopic (exact) mass is 308 g/mol. The molecule has 1 aromatic heterocycles. The van der Waals surface area contributed by atoms with Crippen LogP contribution < -0.4 is 0 Å². The quantitative estimate of drug-likeness (QED) is 0.843. The largest absolute Gasteiger partial charge is 0.433 e. The summed E-state index contributed by atoms with van der Waals surface area (Å²) in [6.45, 7) is 4.66. The molecule has 0 aliphatic carbocycles. The van der Waals surface area contributed by atoms with E-state index in [0.717, 1.165) is 12.3 Å². The van der Waals surface area contributed by atoms with Gasteiger partial charge in [0.15, 0.2) is 0 Å². The second kappa shape index (κ2) is 5.00. The molecule has 20 heavy (non-hydrogen) atoms. The molecule has 1 fully saturated rings. The fourth-order valence-electron chi connectivity index (χ4n) is 2.12. The van der Waals surface area contributed by atoms with Crippen LogP contribution in [0.5, 0.6) is 0 Å². The molecule has 0 amide bonds. The summed E-state index contributed by atoms with van der Waals surface area (Å²) in [6.07, 6.45) is -3.80. The molecule has 2 rings (SSSR count). The number of hydrogen-bond acceptors (Lipinski definition) is 3. The maximum absolute atomic E-state index is 12.4. The van der Waals surface area contributed by atoms with Gasteiger partial charge in [0, 0.05) is 19.3 Å². The number of aromatic nitrogens is 1. The Morgan fingerprint density at radius 2 is 1.75 bits per heavy atom. The van der Waals surface area contributed by atoms with Crippen LogP contribution >= 0.6 is 0 Å². The molecule has 0 bridgehead atoms. The van der Waals surface area contributed by atoms with Crippen LogP contribution in [0.4, 0.5) is 13.2 Å². The van der Waals surface area contributed by atoms with Crippen LogP contribution in [0.25, 0.3) is 0 Å². The Balaban J connectivity index is 2.27. The highest BCUT2D eigenvalue weighted by Gasteiger charge is 2.36. The lowest BCUT2D eigenvalue weighted by Gasteiger charge is -2.16. The van der Waals surface area contributed by atoms with Crippen molar-refractivity contribution in [2.75, 3.05) is 13.1 Å². The summed E-state index contributed by atoms with van der Waals surface area (Å²) in [5, 5.41) is 0. The summed E-state index contributed by atoms with van der Waals surface area (Å²) in [4.78, 5) is 2.99. The number of halogens is 3. The topological polar surface area (TPSA) is 50.3 Å². The van der Waals surface area contributed by atoms with Gasteiger partial charge in [0.25, 0.3) is 0 Å². The zero-order chi connectivity index (χ0) is 15.1. The molecule has 1 aromatic rings. The minimum Gasteiger partial charge on any atom is -0.250 e. The Bertz CT molecular complexity index is 574. The van der Waals surface area contributed by atoms with Crippen molar-refractivity contribution in [3.05, 3.63) is 24.0 Å². The number of pyridine rings is 1. The summed E-state index contributed by atoms with van der Waals surface area (Å²) in [5.41, 5.74) is -1.10. The van der Waals surface area contributed by atoms with Gasteiger partial charge < -0.3 is 0 Å². The van der Waals surface area contributed by atoms with Crippen LogP contribution in [0, 0.1) is 11.8 Å². The molecule has 1 saturated heterocycles. The predicted octanol–water partition coefficient (Wildman–Crippen LogP) is 2.38. The van der Waals surface area contributed by atoms with Gasteiger partial charge in [-0.3, -0.25) is 4.98 Å². The van der Waals surface area contributed by atoms with Gasteiger partial charge in [-0.2, -0.15) is 17.5 Å². The van der Waals surface area contributed by atoms with Crippen molar-refractivity contribution < 1.29 is 21.6 Å². The molecule has 2 heterocycles. The fourth-order valence-corrected chi connectivity index (χ4v) is 3.71. The minimum absolute atomic E-state index is 0.202. The molecule has 0 radical (unpaired) electrons. The van der Waals surface area contributed by atoms with E-state index in [1.54, 1.807) is 0 Å². The first kappa shape index (κ1) is 15.2. The van der Waals surface area contributed by atoms with Crippen LogP contribution in [0.2, 0.25) is 0 Å². The molecular formula is C12H15F3N2O2S. The maximum atomic E-state index is 12.4. The van der Waals surface area contributed by atoms with Gasteiger partial charge in [0.2, 0.25) is 10.0 Å². The van der Waals surface area contributed by atoms with E-state index >= 15 is 0 Å². The Kier molecular flexibility index (Phi) is 3.81. The van der Waals surface area contributed by atoms with E-state index < -0.39 is 21.9 Å². The first-order chi connectivity index (χ1) is 9.12. The van der Waals surface area contributed by atoms with Gasteiger partial charge >= 0.3 is 6.18 Å². The van der Waals surface area contributed by atoms with Crippen LogP contribution in [0.3, 0.4) is 0 Å². The van der Waals surface area contributed by atoms with Gasteiger partial charge in [-0.25, -0.2) is 8.42 Å². The van der Waals surface area contributed by atoms with Crippen molar-refractivity contribution in [1.82, 2.24) is 9.29 Å². The van der Waals surface area contributed by atoms with E-state index in [2.05, 4.69) is 4.98 Å². The third kappa shape index (κ3) is 2.80. The van der Waals surface area contributed by atoms with Crippen LogP contribution in [-0.4, -0.2) is 30.8 Å². The normalized spacial score (nSPS) is 25.1. The standard InChI is InChI=1S/C12H15F3N2O2S/c1-8-6-17(7-9(8)2)20(18,19)10-3-4-11(16-5-10)12(13,14)15/h3-5,8-9H,6-7H2,1-2H3. The molecule has 2 unspecified atom stereocenters. The van der Waals surface area contributed by atoms with E-state index in [9.17, 15) is 21.6 Å². The highest BCUT2D eigenvalue weighted by Crippen LogP contribution is 2.30. The van der Waals surface area contributed by atoms with Crippen molar-refractivity contribution in [2.24, 2.45) is 11.8 Å². The molecule has 0 N–H and O–H groups in total. The molecule has 2 atom stereocenters. The minimum atomic E-state index is -4.57. The predicted molar refractivity (Wildman–Crippen MR) is 66.3 cm³/mol. The van der Waals surface area contributed by atoms with Crippen LogP contribution in [0.1, 0.15) is 19.5 Å². The van der Waals surface area contributed by atoms with E-state index in [1.165, 1.54) is 4.31 Å². The smallest absolute Gasteiger partial charge is 0.250 e. The van der Waals surface area contributed by atoms with Gasteiger partial charge in [-0.1, -0.05) is 13.8 Å². The first-order valence-electron chi connectivity index (χ1n) is 6.16. The van der Waals surface area contributed by atoms with Gasteiger partial charge in [0.05, 0.1) is 0 Å². The lowest BCUT2D eigenvalue weighted by Crippen LogP contribution is -2.29. The molecule has 4 nitrogen and oxygen atoms in total. The van der Waals surface area contributed by atoms with Crippen molar-refractivity contribution in [3.63, 3.8) is 0 Å². The summed E-state index contributed by atoms with van der Waals surface area (Å²) in [5.74, 6) is 0.458. The highest BCUT2D eigenvalue weighted by atomic mass is 32.2. The number of sulfonamides is 1. The maximum Gasteiger partial charge on any atom is 0.433 e. The average Bonchev–Trinajstić information content (AvgIpc) is 2.69. The summed E-state index contributed by atoms with van der Waals surface area (Å²) in [7, 11) is -3.76. The second-order valence-corrected chi connectivity index (χ2v) is 7.09. The summed E-state index contributed by atoms with van der Waals surface area (Å²) < 4.78 is 63.1. The molecule has 0 spiro atoms. The highest BCUT2D eigenvalue weighted by molar-refractivity contribution is 7.89. The number of hydrogen-bond donors (Lipinski definition) is 0. The lowest BCUT2D eigenvalue weighted by atomic mass is 10.0. The van der Waals surface area contributed by atoms with E-state index in [4.69, 9.17) is 0 Å². The Hall–Kier alpha value is -1.15. The first-order valence-corrected chi connectivity index (χ1v) is 7.60. The van der Waals surface area contributed by atoms with E-state index in [1.807, 2.05) is 13.8 Å². The Morgan fingerprint density at radius 1 is 1.20 bits per heavy atom. The number of rotatable bonds is 2. The Labute approximate surface area is 115 Å². The zero-order valence-electron chi connectivity index (χ0n) is 11.1. The fraction of sp³-hybridized carbons (Fsp3) is 0.583. The third-order valence-electron chi connectivity index (χ3n) is 3.62.